The molecule has 2 rings (SSSR count). The maximum absolute atomic E-state index is 12.7. The topological polar surface area (TPSA) is 106 Å². The van der Waals surface area contributed by atoms with Gasteiger partial charge >= 0.3 is 6.09 Å². The molecule has 168 valence electrons. The lowest BCUT2D eigenvalue weighted by Crippen LogP contribution is -2.55. The lowest BCUT2D eigenvalue weighted by molar-refractivity contribution is -0.174. The third-order valence-corrected chi connectivity index (χ3v) is 4.76. The zero-order valence-corrected chi connectivity index (χ0v) is 19.1. The van der Waals surface area contributed by atoms with E-state index in [1.54, 1.807) is 39.0 Å². The highest BCUT2D eigenvalue weighted by atomic mass is 35.5. The van der Waals surface area contributed by atoms with Crippen molar-refractivity contribution in [3.63, 3.8) is 0 Å². The number of ether oxygens (including phenoxy) is 3. The molecule has 1 saturated heterocycles. The molecule has 2 amide bonds. The number of hydrogen-bond acceptors (Lipinski definition) is 6. The van der Waals surface area contributed by atoms with Crippen LogP contribution < -0.4 is 10.6 Å². The molecule has 0 saturated carbocycles. The summed E-state index contributed by atoms with van der Waals surface area (Å²) in [6.45, 7) is 8.49. The summed E-state index contributed by atoms with van der Waals surface area (Å²) in [5.74, 6) is -1.96. The maximum atomic E-state index is 12.7. The molecule has 3 N–H and O–H groups in total. The van der Waals surface area contributed by atoms with Gasteiger partial charge in [0.1, 0.15) is 11.6 Å². The zero-order chi connectivity index (χ0) is 22.7. The van der Waals surface area contributed by atoms with Crippen molar-refractivity contribution in [3.05, 3.63) is 33.8 Å². The second-order valence-electron chi connectivity index (χ2n) is 8.20. The van der Waals surface area contributed by atoms with Crippen LogP contribution in [0.3, 0.4) is 0 Å². The van der Waals surface area contributed by atoms with Gasteiger partial charge in [-0.2, -0.15) is 0 Å². The Morgan fingerprint density at radius 2 is 2.03 bits per heavy atom. The van der Waals surface area contributed by atoms with Crippen LogP contribution in [0.4, 0.5) is 4.79 Å². The molecule has 0 aliphatic carbocycles. The molecule has 4 unspecified atom stereocenters. The Balaban J connectivity index is 2.15. The van der Waals surface area contributed by atoms with Crippen LogP contribution in [-0.4, -0.2) is 54.1 Å². The van der Waals surface area contributed by atoms with Crippen molar-refractivity contribution in [1.82, 2.24) is 10.6 Å². The van der Waals surface area contributed by atoms with Gasteiger partial charge in [0.2, 0.25) is 11.7 Å². The van der Waals surface area contributed by atoms with Gasteiger partial charge in [-0.1, -0.05) is 29.3 Å². The minimum atomic E-state index is -1.33. The molecule has 0 bridgehead atoms. The fraction of sp³-hybridized carbons (Fsp3) is 0.600. The quantitative estimate of drug-likeness (QED) is 0.599. The van der Waals surface area contributed by atoms with Crippen molar-refractivity contribution in [1.29, 1.82) is 0 Å². The number of carbonyl (C=O) groups excluding carboxylic acids is 2. The highest BCUT2D eigenvalue weighted by molar-refractivity contribution is 6.35. The molecule has 0 spiro atoms. The molecular formula is C20H28Cl2N2O6. The predicted molar refractivity (Wildman–Crippen MR) is 112 cm³/mol. The van der Waals surface area contributed by atoms with E-state index >= 15 is 0 Å². The Hall–Kier alpha value is -1.58. The third-order valence-electron chi connectivity index (χ3n) is 4.22. The van der Waals surface area contributed by atoms with E-state index in [1.165, 1.54) is 6.92 Å². The van der Waals surface area contributed by atoms with Crippen molar-refractivity contribution in [2.45, 2.75) is 64.3 Å². The smallest absolute Gasteiger partial charge is 0.408 e. The van der Waals surface area contributed by atoms with E-state index in [9.17, 15) is 14.7 Å². The van der Waals surface area contributed by atoms with Gasteiger partial charge in [-0.05, 0) is 46.8 Å². The Bertz CT molecular complexity index is 783. The number of halogens is 2. The molecule has 1 heterocycles. The van der Waals surface area contributed by atoms with Crippen LogP contribution >= 0.6 is 23.2 Å². The fourth-order valence-corrected chi connectivity index (χ4v) is 3.48. The molecule has 1 aromatic rings. The van der Waals surface area contributed by atoms with Crippen LogP contribution in [0.25, 0.3) is 0 Å². The van der Waals surface area contributed by atoms with Gasteiger partial charge in [-0.25, -0.2) is 4.79 Å². The SMILES string of the molecule is CC1COC(CNC(=O)C(NC(=O)OC(C)(C)C)C(C)O)(c2ccc(Cl)cc2Cl)O1. The Morgan fingerprint density at radius 1 is 1.37 bits per heavy atom. The van der Waals surface area contributed by atoms with Gasteiger partial charge in [0.05, 0.1) is 30.4 Å². The summed E-state index contributed by atoms with van der Waals surface area (Å²) in [4.78, 5) is 24.8. The second kappa shape index (κ2) is 9.70. The lowest BCUT2D eigenvalue weighted by atomic mass is 10.0. The first-order valence-electron chi connectivity index (χ1n) is 9.55. The number of aliphatic hydroxyl groups excluding tert-OH is 1. The third kappa shape index (κ3) is 6.46. The molecule has 10 heteroatoms. The van der Waals surface area contributed by atoms with E-state index in [4.69, 9.17) is 37.4 Å². The van der Waals surface area contributed by atoms with E-state index in [-0.39, 0.29) is 12.6 Å². The highest BCUT2D eigenvalue weighted by Crippen LogP contribution is 2.38. The fourth-order valence-electron chi connectivity index (χ4n) is 2.93. The average Bonchev–Trinajstić information content (AvgIpc) is 2.97. The molecule has 1 aliphatic heterocycles. The minimum absolute atomic E-state index is 0.100. The van der Waals surface area contributed by atoms with Crippen molar-refractivity contribution < 1.29 is 28.9 Å². The number of nitrogens with one attached hydrogen (secondary N) is 2. The first kappa shape index (κ1) is 24.7. The summed E-state index contributed by atoms with van der Waals surface area (Å²) >= 11 is 12.3. The number of benzene rings is 1. The summed E-state index contributed by atoms with van der Waals surface area (Å²) in [7, 11) is 0. The number of rotatable bonds is 6. The van der Waals surface area contributed by atoms with Crippen LogP contribution in [0.5, 0.6) is 0 Å². The second-order valence-corrected chi connectivity index (χ2v) is 9.04. The molecule has 4 atom stereocenters. The maximum Gasteiger partial charge on any atom is 0.408 e. The zero-order valence-electron chi connectivity index (χ0n) is 17.6. The standard InChI is InChI=1S/C20H28Cl2N2O6/c1-11-9-28-20(29-11,14-7-6-13(21)8-15(14)22)10-23-17(26)16(12(2)25)24-18(27)30-19(3,4)5/h6-8,11-12,16,25H,9-10H2,1-5H3,(H,23,26)(H,24,27). The number of carbonyl (C=O) groups is 2. The van der Waals surface area contributed by atoms with Crippen molar-refractivity contribution in [2.75, 3.05) is 13.2 Å². The van der Waals surface area contributed by atoms with Gasteiger partial charge in [-0.3, -0.25) is 4.79 Å². The van der Waals surface area contributed by atoms with Gasteiger partial charge in [-0.15, -0.1) is 0 Å². The highest BCUT2D eigenvalue weighted by Gasteiger charge is 2.44. The summed E-state index contributed by atoms with van der Waals surface area (Å²) in [5.41, 5.74) is -0.243. The van der Waals surface area contributed by atoms with E-state index in [0.29, 0.717) is 22.2 Å². The normalized spacial score (nSPS) is 23.5. The van der Waals surface area contributed by atoms with Crippen LogP contribution in [0.1, 0.15) is 40.2 Å². The van der Waals surface area contributed by atoms with Crippen molar-refractivity contribution in [3.8, 4) is 0 Å². The van der Waals surface area contributed by atoms with Gasteiger partial charge in [0.15, 0.2) is 0 Å². The van der Waals surface area contributed by atoms with E-state index in [0.717, 1.165) is 0 Å². The Labute approximate surface area is 186 Å². The van der Waals surface area contributed by atoms with Crippen LogP contribution in [0, 0.1) is 0 Å². The summed E-state index contributed by atoms with van der Waals surface area (Å²) in [6, 6.07) is 3.63. The van der Waals surface area contributed by atoms with E-state index in [2.05, 4.69) is 10.6 Å². The number of alkyl carbamates (subject to hydrolysis) is 1. The summed E-state index contributed by atoms with van der Waals surface area (Å²) in [6.07, 6.45) is -2.22. The predicted octanol–water partition coefficient (Wildman–Crippen LogP) is 2.97. The lowest BCUT2D eigenvalue weighted by Gasteiger charge is -2.31. The van der Waals surface area contributed by atoms with Gasteiger partial charge < -0.3 is 30.0 Å². The van der Waals surface area contributed by atoms with Gasteiger partial charge in [0.25, 0.3) is 0 Å². The van der Waals surface area contributed by atoms with E-state index < -0.39 is 35.5 Å². The molecular weight excluding hydrogens is 435 g/mol. The largest absolute Gasteiger partial charge is 0.444 e. The number of hydrogen-bond donors (Lipinski definition) is 3. The Kier molecular flexibility index (Phi) is 7.98. The monoisotopic (exact) mass is 462 g/mol. The Morgan fingerprint density at radius 3 is 2.53 bits per heavy atom. The molecule has 0 radical (unpaired) electrons. The summed E-state index contributed by atoms with van der Waals surface area (Å²) < 4.78 is 17.0. The first-order chi connectivity index (χ1) is 13.8. The molecule has 30 heavy (non-hydrogen) atoms. The minimum Gasteiger partial charge on any atom is -0.444 e. The van der Waals surface area contributed by atoms with Gasteiger partial charge in [0, 0.05) is 10.6 Å². The average molecular weight is 463 g/mol. The first-order valence-corrected chi connectivity index (χ1v) is 10.3. The van der Waals surface area contributed by atoms with Crippen molar-refractivity contribution in [2.24, 2.45) is 0 Å². The van der Waals surface area contributed by atoms with Crippen LogP contribution in [-0.2, 0) is 24.8 Å². The van der Waals surface area contributed by atoms with Crippen LogP contribution in [0.15, 0.2) is 18.2 Å². The molecule has 1 fully saturated rings. The van der Waals surface area contributed by atoms with Crippen LogP contribution in [0.2, 0.25) is 10.0 Å². The number of aliphatic hydroxyl groups is 1. The molecule has 8 nitrogen and oxygen atoms in total. The molecule has 1 aliphatic rings. The molecule has 0 aromatic heterocycles. The van der Waals surface area contributed by atoms with Crippen molar-refractivity contribution >= 4 is 35.2 Å². The molecule has 1 aromatic carbocycles. The van der Waals surface area contributed by atoms with E-state index in [1.807, 2.05) is 6.92 Å². The number of amides is 2. The summed E-state index contributed by atoms with van der Waals surface area (Å²) in [5, 5.41) is 15.8.